The largest absolute Gasteiger partial charge is 0.493 e. The average Bonchev–Trinajstić information content (AvgIpc) is 3.24. The summed E-state index contributed by atoms with van der Waals surface area (Å²) in [5.74, 6) is -1.02. The van der Waals surface area contributed by atoms with Gasteiger partial charge in [-0.3, -0.25) is 0 Å². The number of methoxy groups -OCH3 is 1. The second-order valence-electron chi connectivity index (χ2n) is 6.26. The molecule has 4 rings (SSSR count). The van der Waals surface area contributed by atoms with Crippen LogP contribution in [0.5, 0.6) is 11.5 Å². The first-order valence-electron chi connectivity index (χ1n) is 8.89. The van der Waals surface area contributed by atoms with Gasteiger partial charge in [0.05, 0.1) is 18.2 Å². The van der Waals surface area contributed by atoms with Crippen molar-refractivity contribution >= 4 is 0 Å². The summed E-state index contributed by atoms with van der Waals surface area (Å²) in [5.41, 5.74) is 0.536. The molecular weight excluding hydrogens is 397 g/mol. The first kappa shape index (κ1) is 19.5. The molecule has 0 amide bonds. The summed E-state index contributed by atoms with van der Waals surface area (Å²) in [6.07, 6.45) is 0. The van der Waals surface area contributed by atoms with Crippen LogP contribution in [0.4, 0.5) is 13.2 Å². The quantitative estimate of drug-likeness (QED) is 0.424. The lowest BCUT2D eigenvalue weighted by atomic mass is 10.1. The standard InChI is InChI=1S/C22H15F3N2O3/c1-28-20-11-13(21-26-22(30-27-21)14-5-2-3-6-16(14)23)9-10-19(20)29-12-15-17(24)7-4-8-18(15)25/h2-11H,12H2,1H3. The lowest BCUT2D eigenvalue weighted by Crippen LogP contribution is -2.03. The number of aromatic nitrogens is 2. The molecule has 4 aromatic rings. The third-order valence-corrected chi connectivity index (χ3v) is 4.39. The molecule has 152 valence electrons. The minimum atomic E-state index is -0.696. The van der Waals surface area contributed by atoms with Crippen LogP contribution < -0.4 is 9.47 Å². The number of halogens is 3. The zero-order valence-corrected chi connectivity index (χ0v) is 15.7. The molecule has 0 radical (unpaired) electrons. The Hall–Kier alpha value is -3.81. The first-order valence-corrected chi connectivity index (χ1v) is 8.89. The van der Waals surface area contributed by atoms with Gasteiger partial charge in [-0.2, -0.15) is 4.98 Å². The normalized spacial score (nSPS) is 10.8. The predicted octanol–water partition coefficient (Wildman–Crippen LogP) is 5.41. The van der Waals surface area contributed by atoms with E-state index in [0.717, 1.165) is 12.1 Å². The van der Waals surface area contributed by atoms with E-state index < -0.39 is 17.5 Å². The molecule has 0 spiro atoms. The molecule has 0 saturated heterocycles. The Morgan fingerprint density at radius 1 is 0.867 bits per heavy atom. The van der Waals surface area contributed by atoms with Gasteiger partial charge >= 0.3 is 0 Å². The van der Waals surface area contributed by atoms with Crippen molar-refractivity contribution < 1.29 is 27.2 Å². The summed E-state index contributed by atoms with van der Waals surface area (Å²) in [5, 5.41) is 3.88. The summed E-state index contributed by atoms with van der Waals surface area (Å²) in [7, 11) is 1.43. The first-order chi connectivity index (χ1) is 14.6. The molecule has 0 aliphatic rings. The van der Waals surface area contributed by atoms with E-state index in [1.165, 1.54) is 25.3 Å². The number of hydrogen-bond acceptors (Lipinski definition) is 5. The van der Waals surface area contributed by atoms with Gasteiger partial charge in [0.2, 0.25) is 5.82 Å². The highest BCUT2D eigenvalue weighted by Crippen LogP contribution is 2.33. The zero-order chi connectivity index (χ0) is 21.1. The van der Waals surface area contributed by atoms with Gasteiger partial charge in [0.15, 0.2) is 11.5 Å². The Bertz CT molecular complexity index is 1170. The van der Waals surface area contributed by atoms with Gasteiger partial charge in [0.25, 0.3) is 5.89 Å². The molecule has 0 aliphatic heterocycles. The van der Waals surface area contributed by atoms with Gasteiger partial charge in [-0.05, 0) is 42.5 Å². The topological polar surface area (TPSA) is 57.4 Å². The zero-order valence-electron chi connectivity index (χ0n) is 15.7. The molecule has 0 fully saturated rings. The molecule has 8 heteroatoms. The molecule has 0 aliphatic carbocycles. The van der Waals surface area contributed by atoms with Gasteiger partial charge in [-0.25, -0.2) is 13.2 Å². The lowest BCUT2D eigenvalue weighted by molar-refractivity contribution is 0.274. The fraction of sp³-hybridized carbons (Fsp3) is 0.0909. The fourth-order valence-electron chi connectivity index (χ4n) is 2.83. The SMILES string of the molecule is COc1cc(-c2noc(-c3ccccc3F)n2)ccc1OCc1c(F)cccc1F. The van der Waals surface area contributed by atoms with Crippen LogP contribution in [-0.4, -0.2) is 17.3 Å². The Morgan fingerprint density at radius 2 is 1.60 bits per heavy atom. The van der Waals surface area contributed by atoms with Crippen molar-refractivity contribution in [2.45, 2.75) is 6.61 Å². The van der Waals surface area contributed by atoms with Crippen LogP contribution in [0.3, 0.4) is 0 Å². The number of ether oxygens (including phenoxy) is 2. The van der Waals surface area contributed by atoms with Crippen molar-refractivity contribution in [2.75, 3.05) is 7.11 Å². The van der Waals surface area contributed by atoms with Gasteiger partial charge in [-0.1, -0.05) is 23.4 Å². The van der Waals surface area contributed by atoms with Crippen LogP contribution in [0.15, 0.2) is 65.2 Å². The Balaban J connectivity index is 1.58. The molecule has 0 unspecified atom stereocenters. The summed E-state index contributed by atoms with van der Waals surface area (Å²) >= 11 is 0. The van der Waals surface area contributed by atoms with Crippen LogP contribution in [0.2, 0.25) is 0 Å². The van der Waals surface area contributed by atoms with E-state index in [-0.39, 0.29) is 35.2 Å². The maximum atomic E-state index is 13.9. The van der Waals surface area contributed by atoms with E-state index in [1.807, 2.05) is 0 Å². The van der Waals surface area contributed by atoms with Crippen LogP contribution in [0.25, 0.3) is 22.8 Å². The van der Waals surface area contributed by atoms with Crippen molar-refractivity contribution in [1.29, 1.82) is 0 Å². The maximum Gasteiger partial charge on any atom is 0.261 e. The van der Waals surface area contributed by atoms with Gasteiger partial charge in [0.1, 0.15) is 24.1 Å². The molecule has 1 heterocycles. The molecule has 3 aromatic carbocycles. The van der Waals surface area contributed by atoms with Crippen molar-refractivity contribution in [3.8, 4) is 34.3 Å². The van der Waals surface area contributed by atoms with Gasteiger partial charge in [0, 0.05) is 5.56 Å². The lowest BCUT2D eigenvalue weighted by Gasteiger charge is -2.12. The molecule has 5 nitrogen and oxygen atoms in total. The second-order valence-corrected chi connectivity index (χ2v) is 6.26. The highest BCUT2D eigenvalue weighted by atomic mass is 19.1. The Kier molecular flexibility index (Phi) is 5.38. The van der Waals surface area contributed by atoms with Crippen molar-refractivity contribution in [1.82, 2.24) is 10.1 Å². The van der Waals surface area contributed by atoms with Crippen molar-refractivity contribution in [3.63, 3.8) is 0 Å². The third kappa shape index (κ3) is 3.84. The number of nitrogens with zero attached hydrogens (tertiary/aromatic N) is 2. The highest BCUT2D eigenvalue weighted by Gasteiger charge is 2.16. The third-order valence-electron chi connectivity index (χ3n) is 4.39. The van der Waals surface area contributed by atoms with Crippen LogP contribution in [0, 0.1) is 17.5 Å². The van der Waals surface area contributed by atoms with Crippen LogP contribution >= 0.6 is 0 Å². The summed E-state index contributed by atoms with van der Waals surface area (Å²) in [4.78, 5) is 4.22. The van der Waals surface area contributed by atoms with E-state index >= 15 is 0 Å². The fourth-order valence-corrected chi connectivity index (χ4v) is 2.83. The Labute approximate surface area is 169 Å². The molecule has 1 aromatic heterocycles. The minimum Gasteiger partial charge on any atom is -0.493 e. The second kappa shape index (κ2) is 8.28. The Morgan fingerprint density at radius 3 is 2.33 bits per heavy atom. The molecule has 0 saturated carbocycles. The van der Waals surface area contributed by atoms with E-state index in [1.54, 1.807) is 30.3 Å². The molecule has 0 atom stereocenters. The maximum absolute atomic E-state index is 13.9. The minimum absolute atomic E-state index is 0.0393. The van der Waals surface area contributed by atoms with E-state index in [4.69, 9.17) is 14.0 Å². The van der Waals surface area contributed by atoms with Gasteiger partial charge in [-0.15, -0.1) is 0 Å². The predicted molar refractivity (Wildman–Crippen MR) is 102 cm³/mol. The molecule has 0 bridgehead atoms. The van der Waals surface area contributed by atoms with E-state index in [9.17, 15) is 13.2 Å². The molecule has 30 heavy (non-hydrogen) atoms. The van der Waals surface area contributed by atoms with Crippen molar-refractivity contribution in [3.05, 3.63) is 83.7 Å². The summed E-state index contributed by atoms with van der Waals surface area (Å²) in [6.45, 7) is -0.312. The summed E-state index contributed by atoms with van der Waals surface area (Å²) in [6, 6.07) is 14.4. The summed E-state index contributed by atoms with van der Waals surface area (Å²) < 4.78 is 57.5. The number of hydrogen-bond donors (Lipinski definition) is 0. The number of benzene rings is 3. The monoisotopic (exact) mass is 412 g/mol. The van der Waals surface area contributed by atoms with Gasteiger partial charge < -0.3 is 14.0 Å². The molecule has 0 N–H and O–H groups in total. The average molecular weight is 412 g/mol. The number of rotatable bonds is 6. The highest BCUT2D eigenvalue weighted by molar-refractivity contribution is 5.63. The van der Waals surface area contributed by atoms with E-state index in [0.29, 0.717) is 11.3 Å². The van der Waals surface area contributed by atoms with Crippen LogP contribution in [0.1, 0.15) is 5.56 Å². The smallest absolute Gasteiger partial charge is 0.261 e. The molecular formula is C22H15F3N2O3. The van der Waals surface area contributed by atoms with Crippen molar-refractivity contribution in [2.24, 2.45) is 0 Å². The van der Waals surface area contributed by atoms with E-state index in [2.05, 4.69) is 10.1 Å². The van der Waals surface area contributed by atoms with Crippen LogP contribution in [-0.2, 0) is 6.61 Å².